The van der Waals surface area contributed by atoms with Gasteiger partial charge in [-0.05, 0) is 0 Å². The molecular weight excluding hydrogens is 130 g/mol. The van der Waals surface area contributed by atoms with E-state index in [1.165, 1.54) is 12.5 Å². The maximum Gasteiger partial charge on any atom is 0.173 e. The lowest BCUT2D eigenvalue weighted by Crippen LogP contribution is -2.01. The molecule has 0 unspecified atom stereocenters. The Labute approximate surface area is 57.4 Å². The molecule has 1 aliphatic rings. The minimum Gasteiger partial charge on any atom is -0.470 e. The van der Waals surface area contributed by atoms with Crippen molar-refractivity contribution in [1.82, 2.24) is 0 Å². The molecule has 3 heteroatoms. The topological polar surface area (TPSA) is 42.6 Å². The van der Waals surface area contributed by atoms with Crippen molar-refractivity contribution in [2.75, 3.05) is 0 Å². The normalized spacial score (nSPS) is 15.4. The Morgan fingerprint density at radius 1 is 1.50 bits per heavy atom. The minimum absolute atomic E-state index is 0.0822. The van der Waals surface area contributed by atoms with Crippen molar-refractivity contribution in [3.05, 3.63) is 18.1 Å². The molecule has 1 aromatic rings. The van der Waals surface area contributed by atoms with Gasteiger partial charge in [-0.25, -0.2) is 0 Å². The third-order valence-electron chi connectivity index (χ3n) is 1.45. The van der Waals surface area contributed by atoms with Crippen molar-refractivity contribution < 1.29 is 9.21 Å². The van der Waals surface area contributed by atoms with Gasteiger partial charge in [0.05, 0.1) is 5.56 Å². The van der Waals surface area contributed by atoms with E-state index < -0.39 is 0 Å². The molecule has 0 bridgehead atoms. The quantitative estimate of drug-likeness (QED) is 0.541. The van der Waals surface area contributed by atoms with Gasteiger partial charge in [0, 0.05) is 12.6 Å². The monoisotopic (exact) mass is 135 g/mol. The maximum atomic E-state index is 11.0. The number of rotatable bonds is 0. The van der Waals surface area contributed by atoms with Gasteiger partial charge >= 0.3 is 0 Å². The van der Waals surface area contributed by atoms with Gasteiger partial charge in [0.2, 0.25) is 0 Å². The first kappa shape index (κ1) is 5.41. The third-order valence-corrected chi connectivity index (χ3v) is 1.45. The number of aliphatic imine (C=N–C) groups is 1. The Balaban J connectivity index is 2.62. The molecule has 0 saturated carbocycles. The number of carbonyl (C=O) groups is 1. The molecule has 0 spiro atoms. The van der Waals surface area contributed by atoms with E-state index in [1.807, 2.05) is 0 Å². The second kappa shape index (κ2) is 1.80. The summed E-state index contributed by atoms with van der Waals surface area (Å²) in [5.41, 5.74) is 1.25. The van der Waals surface area contributed by atoms with E-state index >= 15 is 0 Å². The smallest absolute Gasteiger partial charge is 0.173 e. The van der Waals surface area contributed by atoms with Crippen LogP contribution in [0.1, 0.15) is 16.8 Å². The molecule has 10 heavy (non-hydrogen) atoms. The molecule has 0 saturated heterocycles. The van der Waals surface area contributed by atoms with Gasteiger partial charge in [0.1, 0.15) is 18.2 Å². The number of fused-ring (bicyclic) bond motifs is 1. The highest BCUT2D eigenvalue weighted by atomic mass is 16.3. The highest BCUT2D eigenvalue weighted by molar-refractivity contribution is 6.09. The van der Waals surface area contributed by atoms with Gasteiger partial charge in [-0.3, -0.25) is 9.79 Å². The second-order valence-electron chi connectivity index (χ2n) is 2.11. The Hall–Kier alpha value is -1.38. The molecule has 50 valence electrons. The average Bonchev–Trinajstić information content (AvgIpc) is 2.36. The molecule has 1 aromatic heterocycles. The Morgan fingerprint density at radius 2 is 2.40 bits per heavy atom. The summed E-state index contributed by atoms with van der Waals surface area (Å²) >= 11 is 0. The van der Waals surface area contributed by atoms with E-state index in [-0.39, 0.29) is 5.78 Å². The Morgan fingerprint density at radius 3 is 3.20 bits per heavy atom. The highest BCUT2D eigenvalue weighted by Gasteiger charge is 2.15. The van der Waals surface area contributed by atoms with Crippen LogP contribution < -0.4 is 0 Å². The molecule has 0 radical (unpaired) electrons. The molecule has 1 aliphatic heterocycles. The van der Waals surface area contributed by atoms with Gasteiger partial charge in [0.15, 0.2) is 5.78 Å². The molecule has 0 amide bonds. The first-order valence-corrected chi connectivity index (χ1v) is 3.00. The number of ketones is 1. The predicted molar refractivity (Wildman–Crippen MR) is 35.8 cm³/mol. The maximum absolute atomic E-state index is 11.0. The van der Waals surface area contributed by atoms with Crippen LogP contribution in [0.15, 0.2) is 21.9 Å². The van der Waals surface area contributed by atoms with Crippen LogP contribution in [0.5, 0.6) is 0 Å². The van der Waals surface area contributed by atoms with Gasteiger partial charge in [0.25, 0.3) is 0 Å². The number of hydrogen-bond donors (Lipinski definition) is 0. The fraction of sp³-hybridized carbons (Fsp3) is 0.143. The number of carbonyl (C=O) groups excluding carboxylic acids is 1. The number of furan rings is 1. The van der Waals surface area contributed by atoms with Crippen molar-refractivity contribution in [2.45, 2.75) is 6.42 Å². The Bertz CT molecular complexity index is 298. The summed E-state index contributed by atoms with van der Waals surface area (Å²) in [5, 5.41) is 0. The summed E-state index contributed by atoms with van der Waals surface area (Å²) < 4.78 is 4.80. The predicted octanol–water partition coefficient (Wildman–Crippen LogP) is 1.57. The fourth-order valence-corrected chi connectivity index (χ4v) is 0.936. The highest BCUT2D eigenvalue weighted by Crippen LogP contribution is 2.23. The zero-order valence-corrected chi connectivity index (χ0v) is 5.20. The summed E-state index contributed by atoms with van der Waals surface area (Å²) in [5.74, 6) is 0.0822. The molecule has 3 nitrogen and oxygen atoms in total. The molecule has 0 fully saturated rings. The lowest BCUT2D eigenvalue weighted by molar-refractivity contribution is 0.100. The number of hydrogen-bond acceptors (Lipinski definition) is 3. The third kappa shape index (κ3) is 0.603. The van der Waals surface area contributed by atoms with Crippen LogP contribution in [-0.4, -0.2) is 12.0 Å². The second-order valence-corrected chi connectivity index (χ2v) is 2.11. The van der Waals surface area contributed by atoms with Crippen LogP contribution in [-0.2, 0) is 0 Å². The number of nitrogens with zero attached hydrogens (tertiary/aromatic N) is 1. The zero-order chi connectivity index (χ0) is 6.97. The zero-order valence-electron chi connectivity index (χ0n) is 5.20. The molecule has 2 rings (SSSR count). The molecule has 0 aliphatic carbocycles. The van der Waals surface area contributed by atoms with Crippen molar-refractivity contribution in [1.29, 1.82) is 0 Å². The summed E-state index contributed by atoms with van der Waals surface area (Å²) in [4.78, 5) is 15.0. The summed E-state index contributed by atoms with van der Waals surface area (Å²) in [6, 6.07) is 0. The summed E-state index contributed by atoms with van der Waals surface area (Å²) in [6.07, 6.45) is 4.91. The molecular formula is C7H5NO2. The van der Waals surface area contributed by atoms with Crippen molar-refractivity contribution in [2.24, 2.45) is 4.99 Å². The molecule has 0 aromatic carbocycles. The van der Waals surface area contributed by atoms with Crippen LogP contribution in [0.3, 0.4) is 0 Å². The summed E-state index contributed by atoms with van der Waals surface area (Å²) in [7, 11) is 0. The van der Waals surface area contributed by atoms with E-state index in [0.717, 1.165) is 0 Å². The lowest BCUT2D eigenvalue weighted by Gasteiger charge is -1.98. The molecule has 0 atom stereocenters. The summed E-state index contributed by atoms with van der Waals surface area (Å²) in [6.45, 7) is 0. The Kier molecular flexibility index (Phi) is 0.974. The first-order valence-electron chi connectivity index (χ1n) is 3.00. The van der Waals surface area contributed by atoms with Gasteiger partial charge in [-0.1, -0.05) is 0 Å². The van der Waals surface area contributed by atoms with E-state index in [2.05, 4.69) is 4.99 Å². The van der Waals surface area contributed by atoms with Crippen molar-refractivity contribution in [3.63, 3.8) is 0 Å². The largest absolute Gasteiger partial charge is 0.470 e. The van der Waals surface area contributed by atoms with Crippen LogP contribution in [0, 0.1) is 0 Å². The van der Waals surface area contributed by atoms with Crippen LogP contribution in [0.2, 0.25) is 0 Å². The SMILES string of the molecule is O=C1CC=Nc2cocc21. The van der Waals surface area contributed by atoms with Crippen molar-refractivity contribution >= 4 is 17.7 Å². The number of Topliss-reactive ketones (excluding diaryl/α,β-unsaturated/α-hetero) is 1. The first-order chi connectivity index (χ1) is 4.88. The van der Waals surface area contributed by atoms with E-state index in [1.54, 1.807) is 6.21 Å². The van der Waals surface area contributed by atoms with Gasteiger partial charge in [-0.15, -0.1) is 0 Å². The van der Waals surface area contributed by atoms with Crippen LogP contribution in [0.4, 0.5) is 5.69 Å². The van der Waals surface area contributed by atoms with E-state index in [4.69, 9.17) is 4.42 Å². The van der Waals surface area contributed by atoms with Gasteiger partial charge in [-0.2, -0.15) is 0 Å². The molecule has 0 N–H and O–H groups in total. The minimum atomic E-state index is 0.0822. The van der Waals surface area contributed by atoms with Crippen molar-refractivity contribution in [3.8, 4) is 0 Å². The molecule has 2 heterocycles. The van der Waals surface area contributed by atoms with Gasteiger partial charge < -0.3 is 4.42 Å². The lowest BCUT2D eigenvalue weighted by atomic mass is 10.1. The van der Waals surface area contributed by atoms with E-state index in [0.29, 0.717) is 17.7 Å². The average molecular weight is 135 g/mol. The fourth-order valence-electron chi connectivity index (χ4n) is 0.936. The van der Waals surface area contributed by atoms with Crippen LogP contribution in [0.25, 0.3) is 0 Å². The van der Waals surface area contributed by atoms with E-state index in [9.17, 15) is 4.79 Å². The van der Waals surface area contributed by atoms with Crippen LogP contribution >= 0.6 is 0 Å². The standard InChI is InChI=1S/C7H5NO2/c9-7-1-2-8-6-4-10-3-5(6)7/h2-4H,1H2.